The summed E-state index contributed by atoms with van der Waals surface area (Å²) in [6.45, 7) is 4.55. The first-order chi connectivity index (χ1) is 16.5. The van der Waals surface area contributed by atoms with Gasteiger partial charge in [-0.05, 0) is 83.8 Å². The fraction of sp³-hybridized carbons (Fsp3) is 0.448. The Balaban J connectivity index is 0.00000342. The number of nitrogens with zero attached hydrogens (tertiary/aromatic N) is 1. The normalized spacial score (nSPS) is 16.0. The van der Waals surface area contributed by atoms with Crippen LogP contribution in [0.5, 0.6) is 11.5 Å². The molecule has 1 heterocycles. The van der Waals surface area contributed by atoms with Gasteiger partial charge in [-0.15, -0.1) is 35.9 Å². The summed E-state index contributed by atoms with van der Waals surface area (Å²) in [5.41, 5.74) is 2.77. The van der Waals surface area contributed by atoms with Crippen molar-refractivity contribution in [3.05, 3.63) is 71.8 Å². The number of fused-ring (bicyclic) bond motifs is 1. The monoisotopic (exact) mass is 531 g/mol. The second-order valence-electron chi connectivity index (χ2n) is 9.38. The standard InChI is InChI=1S/C29H37NO2S2.ClH/c1-22(21-30(2)15-14-23-10-13-27(31-3)28(18-23)32-4)20-29(33-16-7-17-34-29)26-12-11-24-8-5-6-9-25(24)19-26;/h5-6,8-13,18-19,22H,7,14-17,20-21H2,1-4H3;1H. The highest BCUT2D eigenvalue weighted by Gasteiger charge is 2.37. The Morgan fingerprint density at radius 2 is 1.63 bits per heavy atom. The van der Waals surface area contributed by atoms with E-state index in [-0.39, 0.29) is 16.5 Å². The summed E-state index contributed by atoms with van der Waals surface area (Å²) in [6, 6.07) is 22.1. The Hall–Kier alpha value is -1.53. The molecule has 0 aliphatic carbocycles. The first-order valence-corrected chi connectivity index (χ1v) is 14.2. The molecule has 3 aromatic rings. The molecule has 3 nitrogen and oxygen atoms in total. The lowest BCUT2D eigenvalue weighted by atomic mass is 9.97. The minimum Gasteiger partial charge on any atom is -0.493 e. The van der Waals surface area contributed by atoms with Crippen molar-refractivity contribution in [1.29, 1.82) is 0 Å². The van der Waals surface area contributed by atoms with Crippen LogP contribution < -0.4 is 9.47 Å². The van der Waals surface area contributed by atoms with Crippen LogP contribution >= 0.6 is 35.9 Å². The maximum absolute atomic E-state index is 5.47. The van der Waals surface area contributed by atoms with Gasteiger partial charge in [0.25, 0.3) is 0 Å². The molecule has 4 rings (SSSR count). The number of hydrogen-bond donors (Lipinski definition) is 0. The van der Waals surface area contributed by atoms with Gasteiger partial charge in [0.1, 0.15) is 0 Å². The van der Waals surface area contributed by atoms with Crippen LogP contribution in [0.3, 0.4) is 0 Å². The lowest BCUT2D eigenvalue weighted by Gasteiger charge is -2.39. The molecule has 1 saturated heterocycles. The van der Waals surface area contributed by atoms with Crippen molar-refractivity contribution in [2.24, 2.45) is 5.92 Å². The summed E-state index contributed by atoms with van der Waals surface area (Å²) < 4.78 is 11.0. The molecule has 1 atom stereocenters. The number of likely N-dealkylation sites (N-methyl/N-ethyl adjacent to an activating group) is 1. The van der Waals surface area contributed by atoms with Gasteiger partial charge in [-0.3, -0.25) is 0 Å². The molecular formula is C29H38ClNO2S2. The van der Waals surface area contributed by atoms with Gasteiger partial charge < -0.3 is 14.4 Å². The molecule has 0 spiro atoms. The van der Waals surface area contributed by atoms with Crippen LogP contribution in [-0.4, -0.2) is 50.8 Å². The molecule has 0 radical (unpaired) electrons. The maximum Gasteiger partial charge on any atom is 0.160 e. The fourth-order valence-electron chi connectivity index (χ4n) is 4.91. The third-order valence-electron chi connectivity index (χ3n) is 6.62. The van der Waals surface area contributed by atoms with Crippen LogP contribution in [0.2, 0.25) is 0 Å². The van der Waals surface area contributed by atoms with Gasteiger partial charge in [0.15, 0.2) is 11.5 Å². The van der Waals surface area contributed by atoms with Crippen molar-refractivity contribution in [3.63, 3.8) is 0 Å². The van der Waals surface area contributed by atoms with Crippen molar-refractivity contribution in [1.82, 2.24) is 4.90 Å². The van der Waals surface area contributed by atoms with Crippen molar-refractivity contribution in [3.8, 4) is 11.5 Å². The minimum absolute atomic E-state index is 0. The van der Waals surface area contributed by atoms with E-state index in [0.717, 1.165) is 31.0 Å². The zero-order valence-corrected chi connectivity index (χ0v) is 23.7. The van der Waals surface area contributed by atoms with Gasteiger partial charge in [-0.25, -0.2) is 0 Å². The molecule has 1 unspecified atom stereocenters. The third kappa shape index (κ3) is 7.03. The summed E-state index contributed by atoms with van der Waals surface area (Å²) in [4.78, 5) is 2.48. The molecule has 1 aliphatic heterocycles. The SMILES string of the molecule is COc1ccc(CCN(C)CC(C)CC2(c3ccc4ccccc4c3)SCCCS2)cc1OC.Cl. The van der Waals surface area contributed by atoms with Crippen molar-refractivity contribution < 1.29 is 9.47 Å². The van der Waals surface area contributed by atoms with E-state index in [1.54, 1.807) is 14.2 Å². The van der Waals surface area contributed by atoms with Crippen molar-refractivity contribution in [2.75, 3.05) is 45.9 Å². The predicted octanol–water partition coefficient (Wildman–Crippen LogP) is 7.50. The van der Waals surface area contributed by atoms with Crippen LogP contribution in [0.4, 0.5) is 0 Å². The van der Waals surface area contributed by atoms with E-state index in [9.17, 15) is 0 Å². The molecule has 35 heavy (non-hydrogen) atoms. The van der Waals surface area contributed by atoms with Gasteiger partial charge in [0, 0.05) is 13.1 Å². The number of methoxy groups -OCH3 is 2. The van der Waals surface area contributed by atoms with Gasteiger partial charge in [0.2, 0.25) is 0 Å². The molecule has 0 N–H and O–H groups in total. The van der Waals surface area contributed by atoms with Crippen LogP contribution in [0, 0.1) is 5.92 Å². The Bertz CT molecular complexity index is 1090. The first-order valence-electron chi connectivity index (χ1n) is 12.2. The van der Waals surface area contributed by atoms with E-state index >= 15 is 0 Å². The van der Waals surface area contributed by atoms with E-state index in [2.05, 4.69) is 97.0 Å². The zero-order valence-electron chi connectivity index (χ0n) is 21.3. The van der Waals surface area contributed by atoms with Gasteiger partial charge >= 0.3 is 0 Å². The van der Waals surface area contributed by atoms with Gasteiger partial charge in [-0.2, -0.15) is 0 Å². The van der Waals surface area contributed by atoms with Crippen LogP contribution in [-0.2, 0) is 10.5 Å². The molecule has 0 amide bonds. The highest BCUT2D eigenvalue weighted by molar-refractivity contribution is 8.18. The maximum atomic E-state index is 5.47. The van der Waals surface area contributed by atoms with Crippen molar-refractivity contribution >= 4 is 46.7 Å². The Morgan fingerprint density at radius 3 is 2.34 bits per heavy atom. The average molecular weight is 532 g/mol. The van der Waals surface area contributed by atoms with Gasteiger partial charge in [0.05, 0.1) is 18.3 Å². The number of hydrogen-bond acceptors (Lipinski definition) is 5. The molecule has 3 aromatic carbocycles. The zero-order chi connectivity index (χ0) is 24.0. The Morgan fingerprint density at radius 1 is 0.914 bits per heavy atom. The highest BCUT2D eigenvalue weighted by atomic mass is 35.5. The Labute approximate surface area is 225 Å². The highest BCUT2D eigenvalue weighted by Crippen LogP contribution is 2.54. The number of thioether (sulfide) groups is 2. The lowest BCUT2D eigenvalue weighted by Crippen LogP contribution is -2.32. The number of halogens is 1. The molecule has 0 saturated carbocycles. The third-order valence-corrected chi connectivity index (χ3v) is 10.0. The number of benzene rings is 3. The van der Waals surface area contributed by atoms with Crippen LogP contribution in [0.25, 0.3) is 10.8 Å². The largest absolute Gasteiger partial charge is 0.493 e. The molecule has 0 aromatic heterocycles. The van der Waals surface area contributed by atoms with Gasteiger partial charge in [-0.1, -0.05) is 49.4 Å². The molecule has 6 heteroatoms. The molecular weight excluding hydrogens is 494 g/mol. The minimum atomic E-state index is 0. The number of ether oxygens (including phenoxy) is 2. The fourth-order valence-corrected chi connectivity index (χ4v) is 8.55. The van der Waals surface area contributed by atoms with E-state index < -0.39 is 0 Å². The van der Waals surface area contributed by atoms with E-state index in [4.69, 9.17) is 9.47 Å². The molecule has 1 aliphatic rings. The summed E-state index contributed by atoms with van der Waals surface area (Å²) in [6.07, 6.45) is 3.51. The number of rotatable bonds is 10. The summed E-state index contributed by atoms with van der Waals surface area (Å²) in [7, 11) is 5.63. The van der Waals surface area contributed by atoms with Crippen LogP contribution in [0.1, 0.15) is 30.9 Å². The Kier molecular flexibility index (Phi) is 10.5. The molecule has 190 valence electrons. The van der Waals surface area contributed by atoms with Crippen LogP contribution in [0.15, 0.2) is 60.7 Å². The average Bonchev–Trinajstić information content (AvgIpc) is 2.87. The summed E-state index contributed by atoms with van der Waals surface area (Å²) in [5.74, 6) is 4.71. The smallest absolute Gasteiger partial charge is 0.160 e. The van der Waals surface area contributed by atoms with E-state index in [1.165, 1.54) is 46.2 Å². The lowest BCUT2D eigenvalue weighted by molar-refractivity contribution is 0.277. The summed E-state index contributed by atoms with van der Waals surface area (Å²) >= 11 is 4.33. The van der Waals surface area contributed by atoms with Crippen molar-refractivity contribution in [2.45, 2.75) is 30.3 Å². The van der Waals surface area contributed by atoms with E-state index in [0.29, 0.717) is 5.92 Å². The topological polar surface area (TPSA) is 21.7 Å². The quantitative estimate of drug-likeness (QED) is 0.269. The second-order valence-corrected chi connectivity index (χ2v) is 12.4. The second kappa shape index (κ2) is 13.1. The predicted molar refractivity (Wildman–Crippen MR) is 157 cm³/mol. The molecule has 1 fully saturated rings. The molecule has 0 bridgehead atoms. The first kappa shape index (κ1) is 28.0. The van der Waals surface area contributed by atoms with E-state index in [1.807, 2.05) is 6.07 Å². The summed E-state index contributed by atoms with van der Waals surface area (Å²) in [5, 5.41) is 2.68.